The second-order valence-corrected chi connectivity index (χ2v) is 14.0. The van der Waals surface area contributed by atoms with E-state index in [-0.39, 0.29) is 49.9 Å². The number of amides is 3. The Morgan fingerprint density at radius 2 is 1.96 bits per heavy atom. The zero-order chi connectivity index (χ0) is 34.6. The zero-order valence-electron chi connectivity index (χ0n) is 26.9. The van der Waals surface area contributed by atoms with Crippen LogP contribution in [0.15, 0.2) is 73.8 Å². The number of alkyl halides is 1. The maximum atomic E-state index is 14.8. The number of allylic oxidation sites excluding steroid dienone is 1. The van der Waals surface area contributed by atoms with Gasteiger partial charge in [-0.25, -0.2) is 0 Å². The predicted molar refractivity (Wildman–Crippen MR) is 186 cm³/mol. The summed E-state index contributed by atoms with van der Waals surface area (Å²) in [7, 11) is 0. The Hall–Kier alpha value is -3.51. The maximum Gasteiger partial charge on any atom is 0.306 e. The fourth-order valence-electron chi connectivity index (χ4n) is 7.37. The van der Waals surface area contributed by atoms with E-state index < -0.39 is 53.4 Å². The molecule has 1 spiro atoms. The number of halogens is 2. The molecule has 0 aliphatic carbocycles. The number of hydrogen-bond acceptors (Lipinski definition) is 7. The molecule has 2 aromatic rings. The molecule has 3 fully saturated rings. The first kappa shape index (κ1) is 35.8. The first-order chi connectivity index (χ1) is 23.1. The van der Waals surface area contributed by atoms with Gasteiger partial charge >= 0.3 is 5.97 Å². The molecule has 10 nitrogen and oxygen atoms in total. The van der Waals surface area contributed by atoms with E-state index in [0.717, 1.165) is 11.1 Å². The van der Waals surface area contributed by atoms with Gasteiger partial charge in [0.1, 0.15) is 18.2 Å². The molecule has 0 aromatic heterocycles. The number of likely N-dealkylation sites (tertiary alicyclic amines) is 1. The lowest BCUT2D eigenvalue weighted by atomic mass is 9.70. The van der Waals surface area contributed by atoms with Crippen molar-refractivity contribution >= 4 is 56.9 Å². The Labute approximate surface area is 294 Å². The number of para-hydroxylation sites is 1. The summed E-state index contributed by atoms with van der Waals surface area (Å²) >= 11 is 10.3. The van der Waals surface area contributed by atoms with Crippen molar-refractivity contribution in [3.05, 3.63) is 90.0 Å². The van der Waals surface area contributed by atoms with Crippen LogP contribution in [-0.2, 0) is 28.7 Å². The van der Waals surface area contributed by atoms with E-state index in [9.17, 15) is 24.3 Å². The quantitative estimate of drug-likeness (QED) is 0.155. The number of nitrogens with zero attached hydrogens (tertiary/aromatic N) is 2. The Kier molecular flexibility index (Phi) is 11.5. The third kappa shape index (κ3) is 6.70. The fraction of sp³-hybridized carbons (Fsp3) is 0.444. The van der Waals surface area contributed by atoms with Gasteiger partial charge in [-0.15, -0.1) is 13.2 Å². The van der Waals surface area contributed by atoms with Crippen LogP contribution < -0.4 is 10.2 Å². The van der Waals surface area contributed by atoms with Gasteiger partial charge in [0, 0.05) is 30.9 Å². The van der Waals surface area contributed by atoms with Gasteiger partial charge in [-0.1, -0.05) is 82.1 Å². The van der Waals surface area contributed by atoms with Gasteiger partial charge in [-0.05, 0) is 43.4 Å². The minimum absolute atomic E-state index is 0.0933. The van der Waals surface area contributed by atoms with Crippen molar-refractivity contribution in [2.75, 3.05) is 31.2 Å². The summed E-state index contributed by atoms with van der Waals surface area (Å²) in [5, 5.41) is 13.1. The van der Waals surface area contributed by atoms with Gasteiger partial charge in [-0.3, -0.25) is 19.2 Å². The van der Waals surface area contributed by atoms with E-state index in [4.69, 9.17) is 21.1 Å². The van der Waals surface area contributed by atoms with Gasteiger partial charge in [0.2, 0.25) is 11.8 Å². The van der Waals surface area contributed by atoms with Crippen LogP contribution in [0.4, 0.5) is 5.69 Å². The van der Waals surface area contributed by atoms with Crippen LogP contribution in [0.3, 0.4) is 0 Å². The number of carbonyl (C=O) groups is 4. The molecule has 256 valence electrons. The summed E-state index contributed by atoms with van der Waals surface area (Å²) in [4.78, 5) is 58.5. The molecule has 7 atom stereocenters. The summed E-state index contributed by atoms with van der Waals surface area (Å²) in [6.07, 6.45) is 3.70. The van der Waals surface area contributed by atoms with Crippen molar-refractivity contribution in [1.29, 1.82) is 0 Å². The lowest BCUT2D eigenvalue weighted by Gasteiger charge is -2.37. The molecule has 3 aliphatic heterocycles. The SMILES string of the molecule is C=CCCC(=O)OC[C@H](NC(=O)[C@@H]1[C@H]2O[C@@]3(CC2Br)[C@H](C(=O)N(CC=C)c2c(C)cccc2Cl)N(CCCO)C(=O)[C@@H]13)c1ccccc1. The number of aryl methyl sites for hydroxylation is 1. The highest BCUT2D eigenvalue weighted by molar-refractivity contribution is 9.09. The van der Waals surface area contributed by atoms with Crippen LogP contribution >= 0.6 is 27.5 Å². The summed E-state index contributed by atoms with van der Waals surface area (Å²) in [6.45, 7) is 9.25. The van der Waals surface area contributed by atoms with Crippen molar-refractivity contribution in [2.45, 2.75) is 61.2 Å². The van der Waals surface area contributed by atoms with Gasteiger partial charge < -0.3 is 29.7 Å². The van der Waals surface area contributed by atoms with Crippen LogP contribution in [0.2, 0.25) is 5.02 Å². The Morgan fingerprint density at radius 1 is 1.21 bits per heavy atom. The molecule has 3 heterocycles. The molecule has 12 heteroatoms. The largest absolute Gasteiger partial charge is 0.463 e. The Bertz CT molecular complexity index is 1540. The number of nitrogens with one attached hydrogen (secondary N) is 1. The Balaban J connectivity index is 1.49. The first-order valence-corrected chi connectivity index (χ1v) is 17.4. The summed E-state index contributed by atoms with van der Waals surface area (Å²) < 4.78 is 12.2. The monoisotopic (exact) mass is 741 g/mol. The van der Waals surface area contributed by atoms with Crippen LogP contribution in [0.25, 0.3) is 0 Å². The number of ether oxygens (including phenoxy) is 2. The van der Waals surface area contributed by atoms with Gasteiger partial charge in [-0.2, -0.15) is 0 Å². The fourth-order valence-corrected chi connectivity index (χ4v) is 8.63. The number of rotatable bonds is 15. The zero-order valence-corrected chi connectivity index (χ0v) is 29.2. The van der Waals surface area contributed by atoms with Gasteiger partial charge in [0.15, 0.2) is 0 Å². The molecule has 2 N–H and O–H groups in total. The van der Waals surface area contributed by atoms with E-state index in [1.54, 1.807) is 24.3 Å². The molecule has 1 unspecified atom stereocenters. The highest BCUT2D eigenvalue weighted by Gasteiger charge is 2.76. The van der Waals surface area contributed by atoms with Crippen molar-refractivity contribution in [1.82, 2.24) is 10.2 Å². The van der Waals surface area contributed by atoms with E-state index >= 15 is 0 Å². The molecule has 0 radical (unpaired) electrons. The van der Waals surface area contributed by atoms with Crippen LogP contribution in [0, 0.1) is 18.8 Å². The number of hydrogen-bond donors (Lipinski definition) is 2. The maximum absolute atomic E-state index is 14.8. The average molecular weight is 743 g/mol. The summed E-state index contributed by atoms with van der Waals surface area (Å²) in [6, 6.07) is 12.7. The lowest BCUT2D eigenvalue weighted by Crippen LogP contribution is -2.57. The van der Waals surface area contributed by atoms with Crippen molar-refractivity contribution in [2.24, 2.45) is 11.8 Å². The minimum Gasteiger partial charge on any atom is -0.463 e. The van der Waals surface area contributed by atoms with E-state index in [2.05, 4.69) is 34.4 Å². The first-order valence-electron chi connectivity index (χ1n) is 16.1. The molecule has 3 amide bonds. The third-order valence-electron chi connectivity index (χ3n) is 9.40. The van der Waals surface area contributed by atoms with Gasteiger partial charge in [0.25, 0.3) is 5.91 Å². The number of benzene rings is 2. The topological polar surface area (TPSA) is 125 Å². The third-order valence-corrected chi connectivity index (χ3v) is 10.6. The minimum atomic E-state index is -1.32. The van der Waals surface area contributed by atoms with Crippen LogP contribution in [-0.4, -0.2) is 82.6 Å². The summed E-state index contributed by atoms with van der Waals surface area (Å²) in [5.41, 5.74) is 0.673. The molecule has 3 aliphatic rings. The van der Waals surface area contributed by atoms with E-state index in [1.165, 1.54) is 9.80 Å². The molecular weight excluding hydrogens is 702 g/mol. The predicted octanol–water partition coefficient (Wildman–Crippen LogP) is 4.66. The number of esters is 1. The molecule has 2 bridgehead atoms. The lowest BCUT2D eigenvalue weighted by molar-refractivity contribution is -0.145. The van der Waals surface area contributed by atoms with Crippen LogP contribution in [0.5, 0.6) is 0 Å². The molecule has 5 rings (SSSR count). The number of carbonyl (C=O) groups excluding carboxylic acids is 4. The van der Waals surface area contributed by atoms with Crippen molar-refractivity contribution < 1.29 is 33.8 Å². The normalized spacial score (nSPS) is 26.1. The number of aliphatic hydroxyl groups is 1. The van der Waals surface area contributed by atoms with E-state index in [0.29, 0.717) is 23.6 Å². The number of aliphatic hydroxyl groups excluding tert-OH is 1. The van der Waals surface area contributed by atoms with Gasteiger partial charge in [0.05, 0.1) is 34.7 Å². The standard InChI is InChI=1S/C36H41BrClN3O7/c1-4-6-16-27(43)47-21-26(23-13-8-7-9-14-23)39-33(44)28-29-34(45)41(18-11-19-42)32(36(29)20-24(37)31(28)48-36)35(46)40(17-5-2)30-22(3)12-10-15-25(30)38/h4-5,7-10,12-15,24,26,28-29,31-32,42H,1-2,6,11,16-21H2,3H3,(H,39,44)/t24?,26-,28-,29+,31-,32-,36+/m0/s1. The van der Waals surface area contributed by atoms with Crippen molar-refractivity contribution in [3.8, 4) is 0 Å². The second-order valence-electron chi connectivity index (χ2n) is 12.4. The van der Waals surface area contributed by atoms with E-state index in [1.807, 2.05) is 43.3 Å². The molecule has 2 aromatic carbocycles. The Morgan fingerprint density at radius 3 is 2.62 bits per heavy atom. The van der Waals surface area contributed by atoms with Crippen molar-refractivity contribution in [3.63, 3.8) is 0 Å². The molecule has 3 saturated heterocycles. The van der Waals surface area contributed by atoms with Crippen LogP contribution in [0.1, 0.15) is 42.9 Å². The number of fused-ring (bicyclic) bond motifs is 1. The smallest absolute Gasteiger partial charge is 0.306 e. The molecule has 48 heavy (non-hydrogen) atoms. The molecular formula is C36H41BrClN3O7. The second kappa shape index (κ2) is 15.4. The number of anilines is 1. The summed E-state index contributed by atoms with van der Waals surface area (Å²) in [5.74, 6) is -3.56. The molecule has 0 saturated carbocycles. The highest BCUT2D eigenvalue weighted by Crippen LogP contribution is 2.60. The highest BCUT2D eigenvalue weighted by atomic mass is 79.9. The average Bonchev–Trinajstić information content (AvgIpc) is 3.67.